The fraction of sp³-hybridized carbons (Fsp3) is 0.167. The highest BCUT2D eigenvalue weighted by Gasteiger charge is 2.06. The van der Waals surface area contributed by atoms with Gasteiger partial charge in [-0.2, -0.15) is 0 Å². The van der Waals surface area contributed by atoms with Gasteiger partial charge >= 0.3 is 0 Å². The summed E-state index contributed by atoms with van der Waals surface area (Å²) in [6, 6.07) is 12.2. The average Bonchev–Trinajstić information content (AvgIpc) is 2.58. The van der Waals surface area contributed by atoms with Crippen molar-refractivity contribution in [3.05, 3.63) is 66.0 Å². The summed E-state index contributed by atoms with van der Waals surface area (Å²) in [5.41, 5.74) is 1.27. The summed E-state index contributed by atoms with van der Waals surface area (Å²) in [4.78, 5) is 29.1. The van der Waals surface area contributed by atoms with E-state index >= 15 is 0 Å². The lowest BCUT2D eigenvalue weighted by molar-refractivity contribution is -0.130. The number of ether oxygens (including phenoxy) is 1. The van der Waals surface area contributed by atoms with Gasteiger partial charge in [0.25, 0.3) is 5.91 Å². The molecule has 5 heteroatoms. The first-order valence-electron chi connectivity index (χ1n) is 7.13. The minimum absolute atomic E-state index is 0.0279. The van der Waals surface area contributed by atoms with Crippen molar-refractivity contribution < 1.29 is 14.3 Å². The zero-order valence-electron chi connectivity index (χ0n) is 13.1. The molecule has 0 saturated heterocycles. The molecule has 0 spiro atoms. The van der Waals surface area contributed by atoms with Crippen LogP contribution in [-0.2, 0) is 4.79 Å². The zero-order valence-corrected chi connectivity index (χ0v) is 13.1. The van der Waals surface area contributed by atoms with E-state index in [0.29, 0.717) is 11.3 Å². The van der Waals surface area contributed by atoms with E-state index in [1.54, 1.807) is 50.6 Å². The Morgan fingerprint density at radius 3 is 2.48 bits per heavy atom. The van der Waals surface area contributed by atoms with Gasteiger partial charge in [0.15, 0.2) is 12.4 Å². The number of hydrogen-bond donors (Lipinski definition) is 0. The van der Waals surface area contributed by atoms with Crippen LogP contribution >= 0.6 is 0 Å². The van der Waals surface area contributed by atoms with E-state index in [0.717, 1.165) is 5.69 Å². The number of ketones is 1. The van der Waals surface area contributed by atoms with Crippen molar-refractivity contribution in [3.63, 3.8) is 0 Å². The van der Waals surface area contributed by atoms with E-state index in [1.807, 2.05) is 18.2 Å². The largest absolute Gasteiger partial charge is 0.484 e. The number of nitrogens with zero attached hydrogens (tertiary/aromatic N) is 2. The Balaban J connectivity index is 1.95. The number of rotatable bonds is 6. The van der Waals surface area contributed by atoms with Crippen LogP contribution in [0.1, 0.15) is 16.1 Å². The van der Waals surface area contributed by atoms with Gasteiger partial charge in [-0.05, 0) is 48.6 Å². The van der Waals surface area contributed by atoms with Crippen LogP contribution in [0, 0.1) is 0 Å². The summed E-state index contributed by atoms with van der Waals surface area (Å²) in [6.45, 7) is -0.0279. The average molecular weight is 310 g/mol. The maximum absolute atomic E-state index is 12.1. The summed E-state index contributed by atoms with van der Waals surface area (Å²) in [5, 5.41) is 0. The Hall–Kier alpha value is -2.95. The highest BCUT2D eigenvalue weighted by molar-refractivity contribution is 6.06. The fourth-order valence-electron chi connectivity index (χ4n) is 1.72. The summed E-state index contributed by atoms with van der Waals surface area (Å²) in [5.74, 6) is 0.306. The third-order valence-electron chi connectivity index (χ3n) is 3.09. The lowest BCUT2D eigenvalue weighted by Gasteiger charge is -2.11. The van der Waals surface area contributed by atoms with Crippen LogP contribution in [0.5, 0.6) is 5.75 Å². The monoisotopic (exact) mass is 310 g/mol. The van der Waals surface area contributed by atoms with E-state index in [-0.39, 0.29) is 18.3 Å². The predicted octanol–water partition coefficient (Wildman–Crippen LogP) is 2.44. The first-order valence-corrected chi connectivity index (χ1v) is 7.13. The summed E-state index contributed by atoms with van der Waals surface area (Å²) in [6.07, 6.45) is 4.82. The third-order valence-corrected chi connectivity index (χ3v) is 3.09. The molecule has 0 N–H and O–H groups in total. The van der Waals surface area contributed by atoms with Gasteiger partial charge in [-0.1, -0.05) is 6.07 Å². The van der Waals surface area contributed by atoms with Gasteiger partial charge < -0.3 is 9.64 Å². The van der Waals surface area contributed by atoms with Gasteiger partial charge in [0.05, 0.1) is 5.69 Å². The molecule has 118 valence electrons. The Labute approximate surface area is 135 Å². The van der Waals surface area contributed by atoms with Crippen molar-refractivity contribution >= 4 is 17.8 Å². The van der Waals surface area contributed by atoms with E-state index in [4.69, 9.17) is 4.74 Å². The molecule has 1 heterocycles. The molecule has 0 radical (unpaired) electrons. The summed E-state index contributed by atoms with van der Waals surface area (Å²) in [7, 11) is 3.34. The van der Waals surface area contributed by atoms with Gasteiger partial charge in [0.2, 0.25) is 0 Å². The molecule has 23 heavy (non-hydrogen) atoms. The van der Waals surface area contributed by atoms with Crippen LogP contribution < -0.4 is 4.74 Å². The topological polar surface area (TPSA) is 59.5 Å². The first-order chi connectivity index (χ1) is 11.1. The number of pyridine rings is 1. The van der Waals surface area contributed by atoms with Gasteiger partial charge in [0.1, 0.15) is 5.75 Å². The zero-order chi connectivity index (χ0) is 16.7. The van der Waals surface area contributed by atoms with Crippen molar-refractivity contribution in [3.8, 4) is 5.75 Å². The molecule has 0 fully saturated rings. The molecule has 0 aliphatic carbocycles. The second kappa shape index (κ2) is 7.89. The molecule has 1 amide bonds. The molecule has 0 aliphatic heterocycles. The number of amides is 1. The molecule has 1 aromatic heterocycles. The van der Waals surface area contributed by atoms with Gasteiger partial charge in [0, 0.05) is 25.9 Å². The van der Waals surface area contributed by atoms with Gasteiger partial charge in [-0.25, -0.2) is 0 Å². The normalized spacial score (nSPS) is 10.5. The Morgan fingerprint density at radius 2 is 1.87 bits per heavy atom. The van der Waals surface area contributed by atoms with Crippen LogP contribution in [0.3, 0.4) is 0 Å². The smallest absolute Gasteiger partial charge is 0.259 e. The molecule has 5 nitrogen and oxygen atoms in total. The molecule has 1 aromatic carbocycles. The molecular formula is C18H18N2O3. The lowest BCUT2D eigenvalue weighted by Crippen LogP contribution is -2.27. The molecular weight excluding hydrogens is 292 g/mol. The number of carbonyl (C=O) groups is 2. The number of aromatic nitrogens is 1. The first kappa shape index (κ1) is 16.4. The molecule has 2 rings (SSSR count). The SMILES string of the molecule is CN(C)C(=O)COc1ccc(C(=O)/C=C/c2ccccn2)cc1. The summed E-state index contributed by atoms with van der Waals surface area (Å²) >= 11 is 0. The molecule has 0 bridgehead atoms. The van der Waals surface area contributed by atoms with Crippen molar-refractivity contribution in [2.75, 3.05) is 20.7 Å². The third kappa shape index (κ3) is 5.07. The Kier molecular flexibility index (Phi) is 5.63. The number of hydrogen-bond acceptors (Lipinski definition) is 4. The highest BCUT2D eigenvalue weighted by Crippen LogP contribution is 2.13. The van der Waals surface area contributed by atoms with Crippen LogP contribution in [0.15, 0.2) is 54.7 Å². The van der Waals surface area contributed by atoms with E-state index in [1.165, 1.54) is 11.0 Å². The predicted molar refractivity (Wildman–Crippen MR) is 88.2 cm³/mol. The van der Waals surface area contributed by atoms with Crippen molar-refractivity contribution in [1.82, 2.24) is 9.88 Å². The number of likely N-dealkylation sites (N-methyl/N-ethyl adjacent to an activating group) is 1. The highest BCUT2D eigenvalue weighted by atomic mass is 16.5. The van der Waals surface area contributed by atoms with Crippen molar-refractivity contribution in [1.29, 1.82) is 0 Å². The lowest BCUT2D eigenvalue weighted by atomic mass is 10.1. The maximum Gasteiger partial charge on any atom is 0.259 e. The number of allylic oxidation sites excluding steroid dienone is 1. The van der Waals surface area contributed by atoms with Crippen LogP contribution in [0.2, 0.25) is 0 Å². The molecule has 0 unspecified atom stereocenters. The van der Waals surface area contributed by atoms with E-state index < -0.39 is 0 Å². The minimum Gasteiger partial charge on any atom is -0.484 e. The molecule has 0 atom stereocenters. The van der Waals surface area contributed by atoms with Gasteiger partial charge in [-0.3, -0.25) is 14.6 Å². The maximum atomic E-state index is 12.1. The number of carbonyl (C=O) groups excluding carboxylic acids is 2. The van der Waals surface area contributed by atoms with Crippen LogP contribution in [0.4, 0.5) is 0 Å². The van der Waals surface area contributed by atoms with Gasteiger partial charge in [-0.15, -0.1) is 0 Å². The molecule has 0 aliphatic rings. The standard InChI is InChI=1S/C18H18N2O3/c1-20(2)18(22)13-23-16-9-6-14(7-10-16)17(21)11-8-15-5-3-4-12-19-15/h3-12H,13H2,1-2H3/b11-8+. The molecule has 2 aromatic rings. The minimum atomic E-state index is -0.122. The fourth-order valence-corrected chi connectivity index (χ4v) is 1.72. The van der Waals surface area contributed by atoms with Crippen LogP contribution in [0.25, 0.3) is 6.08 Å². The summed E-state index contributed by atoms with van der Waals surface area (Å²) < 4.78 is 5.36. The quantitative estimate of drug-likeness (QED) is 0.607. The Morgan fingerprint density at radius 1 is 1.13 bits per heavy atom. The van der Waals surface area contributed by atoms with Crippen LogP contribution in [-0.4, -0.2) is 42.3 Å². The second-order valence-corrected chi connectivity index (χ2v) is 5.05. The van der Waals surface area contributed by atoms with E-state index in [2.05, 4.69) is 4.98 Å². The second-order valence-electron chi connectivity index (χ2n) is 5.05. The van der Waals surface area contributed by atoms with Crippen molar-refractivity contribution in [2.24, 2.45) is 0 Å². The number of benzene rings is 1. The Bertz CT molecular complexity index is 692. The van der Waals surface area contributed by atoms with E-state index in [9.17, 15) is 9.59 Å². The molecule has 0 saturated carbocycles. The van der Waals surface area contributed by atoms with Crippen molar-refractivity contribution in [2.45, 2.75) is 0 Å².